The number of halogens is 2. The molecule has 1 fully saturated rings. The van der Waals surface area contributed by atoms with Crippen molar-refractivity contribution in [2.24, 2.45) is 0 Å². The van der Waals surface area contributed by atoms with E-state index in [4.69, 9.17) is 23.2 Å². The van der Waals surface area contributed by atoms with Crippen molar-refractivity contribution < 1.29 is 0 Å². The van der Waals surface area contributed by atoms with E-state index < -0.39 is 0 Å². The molecule has 1 unspecified atom stereocenters. The number of thiophene rings is 1. The summed E-state index contributed by atoms with van der Waals surface area (Å²) in [7, 11) is 0. The van der Waals surface area contributed by atoms with E-state index in [1.54, 1.807) is 0 Å². The molecular weight excluding hydrogens is 261 g/mol. The van der Waals surface area contributed by atoms with Crippen LogP contribution in [-0.4, -0.2) is 12.6 Å². The Balaban J connectivity index is 1.99. The lowest BCUT2D eigenvalue weighted by Gasteiger charge is -2.09. The summed E-state index contributed by atoms with van der Waals surface area (Å²) in [4.78, 5) is 0. The first-order valence-corrected chi connectivity index (χ1v) is 7.19. The third-order valence-corrected chi connectivity index (χ3v) is 4.31. The second-order valence-corrected chi connectivity index (χ2v) is 6.33. The van der Waals surface area contributed by atoms with Gasteiger partial charge < -0.3 is 5.32 Å². The van der Waals surface area contributed by atoms with E-state index >= 15 is 0 Å². The molecular formula is C12H15Cl2NS. The molecule has 0 bridgehead atoms. The van der Waals surface area contributed by atoms with Crippen LogP contribution in [0.3, 0.4) is 0 Å². The maximum absolute atomic E-state index is 6.06. The van der Waals surface area contributed by atoms with Crippen LogP contribution in [0.1, 0.15) is 31.2 Å². The van der Waals surface area contributed by atoms with E-state index in [0.717, 1.165) is 20.8 Å². The fourth-order valence-electron chi connectivity index (χ4n) is 1.91. The highest BCUT2D eigenvalue weighted by Gasteiger charge is 2.08. The zero-order valence-corrected chi connectivity index (χ0v) is 11.3. The molecule has 1 atom stereocenters. The van der Waals surface area contributed by atoms with Crippen LogP contribution >= 0.6 is 34.5 Å². The van der Waals surface area contributed by atoms with Crippen molar-refractivity contribution in [2.75, 3.05) is 6.54 Å². The Morgan fingerprint density at radius 3 is 2.94 bits per heavy atom. The first-order chi connectivity index (χ1) is 7.75. The number of hydrogen-bond acceptors (Lipinski definition) is 2. The molecule has 0 spiro atoms. The maximum Gasteiger partial charge on any atom is 0.102 e. The fraction of sp³-hybridized carbons (Fsp3) is 0.500. The lowest BCUT2D eigenvalue weighted by Crippen LogP contribution is -2.25. The summed E-state index contributed by atoms with van der Waals surface area (Å²) in [5.74, 6) is 0. The second-order valence-electron chi connectivity index (χ2n) is 4.05. The van der Waals surface area contributed by atoms with Crippen molar-refractivity contribution in [3.05, 3.63) is 26.4 Å². The van der Waals surface area contributed by atoms with E-state index in [2.05, 4.69) is 17.5 Å². The predicted molar refractivity (Wildman–Crippen MR) is 73.6 cm³/mol. The van der Waals surface area contributed by atoms with Crippen molar-refractivity contribution in [2.45, 2.75) is 31.7 Å². The van der Waals surface area contributed by atoms with Gasteiger partial charge in [0, 0.05) is 11.6 Å². The monoisotopic (exact) mass is 275 g/mol. The highest BCUT2D eigenvalue weighted by molar-refractivity contribution is 7.20. The van der Waals surface area contributed by atoms with Gasteiger partial charge in [-0.2, -0.15) is 0 Å². The van der Waals surface area contributed by atoms with E-state index in [9.17, 15) is 0 Å². The van der Waals surface area contributed by atoms with Gasteiger partial charge in [0.15, 0.2) is 0 Å². The Bertz CT molecular complexity index is 365. The highest BCUT2D eigenvalue weighted by Crippen LogP contribution is 2.32. The number of hydrogen-bond donors (Lipinski definition) is 1. The number of nitrogens with one attached hydrogen (secondary N) is 1. The zero-order valence-electron chi connectivity index (χ0n) is 9.01. The van der Waals surface area contributed by atoms with Gasteiger partial charge in [-0.1, -0.05) is 48.2 Å². The Labute approximate surface area is 110 Å². The molecule has 1 N–H and O–H groups in total. The zero-order chi connectivity index (χ0) is 11.4. The van der Waals surface area contributed by atoms with Gasteiger partial charge in [-0.15, -0.1) is 11.3 Å². The van der Waals surface area contributed by atoms with Gasteiger partial charge in [0.05, 0.1) is 4.34 Å². The minimum absolute atomic E-state index is 0.484. The molecule has 1 aliphatic rings. The van der Waals surface area contributed by atoms with Crippen LogP contribution in [0, 0.1) is 0 Å². The third-order valence-electron chi connectivity index (χ3n) is 2.79. The van der Waals surface area contributed by atoms with Crippen molar-refractivity contribution in [3.8, 4) is 0 Å². The van der Waals surface area contributed by atoms with E-state index in [0.29, 0.717) is 6.04 Å². The molecule has 88 valence electrons. The van der Waals surface area contributed by atoms with Crippen LogP contribution in [0.25, 0.3) is 6.08 Å². The normalized spacial score (nSPS) is 22.5. The maximum atomic E-state index is 6.06. The first kappa shape index (κ1) is 12.4. The second kappa shape index (κ2) is 6.06. The fourth-order valence-corrected chi connectivity index (χ4v) is 3.34. The van der Waals surface area contributed by atoms with Gasteiger partial charge in [0.25, 0.3) is 0 Å². The molecule has 16 heavy (non-hydrogen) atoms. The minimum atomic E-state index is 0.484. The third kappa shape index (κ3) is 3.49. The van der Waals surface area contributed by atoms with E-state index in [-0.39, 0.29) is 0 Å². The molecule has 0 aliphatic carbocycles. The summed E-state index contributed by atoms with van der Waals surface area (Å²) in [6.45, 7) is 1.12. The minimum Gasteiger partial charge on any atom is -0.311 e. The molecule has 4 heteroatoms. The van der Waals surface area contributed by atoms with Gasteiger partial charge in [-0.3, -0.25) is 0 Å². The summed E-state index contributed by atoms with van der Waals surface area (Å²) in [5, 5.41) is 3.52. The largest absolute Gasteiger partial charge is 0.311 e. The Morgan fingerprint density at radius 1 is 1.31 bits per heavy atom. The lowest BCUT2D eigenvalue weighted by molar-refractivity contribution is 0.599. The van der Waals surface area contributed by atoms with Crippen LogP contribution in [0.2, 0.25) is 8.67 Å². The number of rotatable bonds is 2. The molecule has 1 aromatic rings. The SMILES string of the molecule is Clc1cc(/C=C/C2CCCCCN2)c(Cl)s1. The van der Waals surface area contributed by atoms with Crippen molar-refractivity contribution >= 4 is 40.6 Å². The van der Waals surface area contributed by atoms with Gasteiger partial charge >= 0.3 is 0 Å². The average molecular weight is 276 g/mol. The van der Waals surface area contributed by atoms with Gasteiger partial charge in [0.1, 0.15) is 4.34 Å². The van der Waals surface area contributed by atoms with Crippen LogP contribution in [0.4, 0.5) is 0 Å². The van der Waals surface area contributed by atoms with Crippen LogP contribution in [0.15, 0.2) is 12.1 Å². The highest BCUT2D eigenvalue weighted by atomic mass is 35.5. The molecule has 0 amide bonds. The van der Waals surface area contributed by atoms with E-state index in [1.165, 1.54) is 37.0 Å². The molecule has 2 heterocycles. The summed E-state index contributed by atoms with van der Waals surface area (Å²) in [5.41, 5.74) is 1.03. The van der Waals surface area contributed by atoms with Crippen LogP contribution in [0.5, 0.6) is 0 Å². The molecule has 1 aliphatic heterocycles. The summed E-state index contributed by atoms with van der Waals surface area (Å²) in [6.07, 6.45) is 9.42. The molecule has 0 saturated carbocycles. The van der Waals surface area contributed by atoms with Crippen molar-refractivity contribution in [3.63, 3.8) is 0 Å². The van der Waals surface area contributed by atoms with Gasteiger partial charge in [0.2, 0.25) is 0 Å². The lowest BCUT2D eigenvalue weighted by atomic mass is 10.1. The predicted octanol–water partition coefficient (Wildman–Crippen LogP) is 4.60. The van der Waals surface area contributed by atoms with Crippen molar-refractivity contribution in [1.29, 1.82) is 0 Å². The summed E-state index contributed by atoms with van der Waals surface area (Å²) >= 11 is 13.4. The molecule has 1 saturated heterocycles. The molecule has 1 aromatic heterocycles. The van der Waals surface area contributed by atoms with Gasteiger partial charge in [-0.05, 0) is 25.5 Å². The van der Waals surface area contributed by atoms with Gasteiger partial charge in [-0.25, -0.2) is 0 Å². The molecule has 0 aromatic carbocycles. The Kier molecular flexibility index (Phi) is 4.71. The standard InChI is InChI=1S/C12H15Cl2NS/c13-11-8-9(12(14)16-11)5-6-10-4-2-1-3-7-15-10/h5-6,8,10,15H,1-4,7H2/b6-5+. The summed E-state index contributed by atoms with van der Waals surface area (Å²) in [6, 6.07) is 2.40. The van der Waals surface area contributed by atoms with Crippen molar-refractivity contribution in [1.82, 2.24) is 5.32 Å². The average Bonchev–Trinajstić information content (AvgIpc) is 2.48. The van der Waals surface area contributed by atoms with Crippen LogP contribution < -0.4 is 5.32 Å². The first-order valence-electron chi connectivity index (χ1n) is 5.62. The Hall–Kier alpha value is -0.0200. The summed E-state index contributed by atoms with van der Waals surface area (Å²) < 4.78 is 1.52. The van der Waals surface area contributed by atoms with E-state index in [1.807, 2.05) is 6.07 Å². The van der Waals surface area contributed by atoms with Crippen LogP contribution in [-0.2, 0) is 0 Å². The topological polar surface area (TPSA) is 12.0 Å². The quantitative estimate of drug-likeness (QED) is 0.832. The Morgan fingerprint density at radius 2 is 2.19 bits per heavy atom. The smallest absolute Gasteiger partial charge is 0.102 e. The molecule has 1 nitrogen and oxygen atoms in total. The molecule has 2 rings (SSSR count). The molecule has 0 radical (unpaired) electrons.